The Labute approximate surface area is 165 Å². The molecule has 28 heavy (non-hydrogen) atoms. The molecule has 2 aromatic heterocycles. The number of hydrogen-bond donors (Lipinski definition) is 3. The molecule has 0 amide bonds. The van der Waals surface area contributed by atoms with E-state index in [4.69, 9.17) is 10.5 Å². The molecule has 1 fully saturated rings. The van der Waals surface area contributed by atoms with Crippen LogP contribution in [0, 0.1) is 0 Å². The van der Waals surface area contributed by atoms with Crippen molar-refractivity contribution < 1.29 is 4.74 Å². The van der Waals surface area contributed by atoms with Gasteiger partial charge >= 0.3 is 6.01 Å². The number of fused-ring (bicyclic) bond motifs is 1. The van der Waals surface area contributed by atoms with Gasteiger partial charge in [0.25, 0.3) is 0 Å². The highest BCUT2D eigenvalue weighted by molar-refractivity contribution is 5.87. The number of piperidine rings is 1. The summed E-state index contributed by atoms with van der Waals surface area (Å²) in [6, 6.07) is 9.39. The fraction of sp³-hybridized carbons (Fsp3) is 0.455. The molecule has 3 aromatic rings. The zero-order chi connectivity index (χ0) is 19.3. The zero-order valence-electron chi connectivity index (χ0n) is 16.5. The van der Waals surface area contributed by atoms with Gasteiger partial charge in [0, 0.05) is 18.2 Å². The van der Waals surface area contributed by atoms with Crippen LogP contribution in [-0.4, -0.2) is 34.6 Å². The van der Waals surface area contributed by atoms with Gasteiger partial charge < -0.3 is 20.8 Å². The molecule has 1 saturated heterocycles. The lowest BCUT2D eigenvalue weighted by Crippen LogP contribution is -2.26. The number of nitrogens with zero attached hydrogens (tertiary/aromatic N) is 2. The molecule has 6 heteroatoms. The van der Waals surface area contributed by atoms with E-state index >= 15 is 0 Å². The molecule has 0 bridgehead atoms. The van der Waals surface area contributed by atoms with Crippen LogP contribution in [0.3, 0.4) is 0 Å². The highest BCUT2D eigenvalue weighted by atomic mass is 16.5. The van der Waals surface area contributed by atoms with Gasteiger partial charge in [0.2, 0.25) is 0 Å². The maximum Gasteiger partial charge on any atom is 0.319 e. The predicted molar refractivity (Wildman–Crippen MR) is 113 cm³/mol. The van der Waals surface area contributed by atoms with Gasteiger partial charge in [-0.3, -0.25) is 0 Å². The van der Waals surface area contributed by atoms with Gasteiger partial charge in [-0.05, 0) is 49.4 Å². The van der Waals surface area contributed by atoms with Crippen LogP contribution < -0.4 is 15.8 Å². The molecule has 1 aliphatic heterocycles. The number of hydrogen-bond acceptors (Lipinski definition) is 5. The van der Waals surface area contributed by atoms with Crippen LogP contribution in [0.5, 0.6) is 6.01 Å². The second kappa shape index (κ2) is 8.61. The summed E-state index contributed by atoms with van der Waals surface area (Å²) in [5, 5.41) is 3.43. The minimum absolute atomic E-state index is 0.362. The molecule has 0 aliphatic carbocycles. The first-order valence-corrected chi connectivity index (χ1v) is 10.3. The van der Waals surface area contributed by atoms with Crippen LogP contribution in [0.2, 0.25) is 0 Å². The van der Waals surface area contributed by atoms with E-state index in [-0.39, 0.29) is 0 Å². The van der Waals surface area contributed by atoms with E-state index in [2.05, 4.69) is 51.5 Å². The number of nitrogen functional groups attached to an aromatic ring is 1. The van der Waals surface area contributed by atoms with Crippen LogP contribution in [0.4, 0.5) is 5.82 Å². The molecule has 0 saturated carbocycles. The molecule has 0 radical (unpaired) electrons. The van der Waals surface area contributed by atoms with Gasteiger partial charge in [-0.1, -0.05) is 37.6 Å². The highest BCUT2D eigenvalue weighted by Gasteiger charge is 2.16. The number of anilines is 1. The van der Waals surface area contributed by atoms with Gasteiger partial charge in [-0.2, -0.15) is 9.97 Å². The summed E-state index contributed by atoms with van der Waals surface area (Å²) in [5.41, 5.74) is 11.6. The van der Waals surface area contributed by atoms with Gasteiger partial charge in [0.15, 0.2) is 5.82 Å². The molecule has 1 aliphatic rings. The van der Waals surface area contributed by atoms with Crippen molar-refractivity contribution in [3.63, 3.8) is 0 Å². The molecule has 3 heterocycles. The van der Waals surface area contributed by atoms with Gasteiger partial charge in [-0.25, -0.2) is 0 Å². The number of ether oxygens (including phenoxy) is 1. The van der Waals surface area contributed by atoms with Crippen molar-refractivity contribution >= 4 is 16.9 Å². The summed E-state index contributed by atoms with van der Waals surface area (Å²) in [4.78, 5) is 12.1. The number of unbranched alkanes of at least 4 members (excludes halogenated alkanes) is 1. The lowest BCUT2D eigenvalue weighted by molar-refractivity contribution is 0.287. The van der Waals surface area contributed by atoms with E-state index in [1.165, 1.54) is 24.0 Å². The molecule has 4 rings (SSSR count). The Balaban J connectivity index is 1.52. The van der Waals surface area contributed by atoms with Crippen molar-refractivity contribution in [1.29, 1.82) is 0 Å². The molecule has 1 aromatic carbocycles. The Hall–Kier alpha value is -2.60. The van der Waals surface area contributed by atoms with E-state index in [9.17, 15) is 0 Å². The van der Waals surface area contributed by atoms with Gasteiger partial charge in [0.05, 0.1) is 6.61 Å². The monoisotopic (exact) mass is 379 g/mol. The number of aromatic nitrogens is 3. The summed E-state index contributed by atoms with van der Waals surface area (Å²) in [7, 11) is 0. The maximum atomic E-state index is 6.10. The smallest absolute Gasteiger partial charge is 0.319 e. The molecule has 4 N–H and O–H groups in total. The van der Waals surface area contributed by atoms with Crippen LogP contribution in [0.1, 0.15) is 55.2 Å². The van der Waals surface area contributed by atoms with E-state index in [1.807, 2.05) is 6.20 Å². The van der Waals surface area contributed by atoms with Crippen molar-refractivity contribution in [2.24, 2.45) is 0 Å². The second-order valence-electron chi connectivity index (χ2n) is 7.57. The van der Waals surface area contributed by atoms with Gasteiger partial charge in [-0.15, -0.1) is 0 Å². The van der Waals surface area contributed by atoms with Crippen molar-refractivity contribution in [3.05, 3.63) is 47.2 Å². The summed E-state index contributed by atoms with van der Waals surface area (Å²) < 4.78 is 5.67. The summed E-state index contributed by atoms with van der Waals surface area (Å²) >= 11 is 0. The van der Waals surface area contributed by atoms with Crippen molar-refractivity contribution in [2.45, 2.75) is 44.9 Å². The van der Waals surface area contributed by atoms with E-state index < -0.39 is 0 Å². The summed E-state index contributed by atoms with van der Waals surface area (Å²) in [5.74, 6) is 1.11. The van der Waals surface area contributed by atoms with Crippen LogP contribution in [0.25, 0.3) is 11.0 Å². The van der Waals surface area contributed by atoms with Crippen LogP contribution >= 0.6 is 0 Å². The Bertz CT molecular complexity index is 913. The summed E-state index contributed by atoms with van der Waals surface area (Å²) in [6.07, 6.45) is 7.27. The highest BCUT2D eigenvalue weighted by Crippen LogP contribution is 2.27. The largest absolute Gasteiger partial charge is 0.463 e. The molecule has 148 valence electrons. The van der Waals surface area contributed by atoms with Crippen molar-refractivity contribution in [3.8, 4) is 6.01 Å². The second-order valence-corrected chi connectivity index (χ2v) is 7.57. The van der Waals surface area contributed by atoms with E-state index in [1.54, 1.807) is 0 Å². The number of H-pyrrole nitrogens is 1. The predicted octanol–water partition coefficient (Wildman–Crippen LogP) is 3.78. The minimum Gasteiger partial charge on any atom is -0.463 e. The number of benzene rings is 1. The average molecular weight is 380 g/mol. The first kappa shape index (κ1) is 18.7. The van der Waals surface area contributed by atoms with Crippen molar-refractivity contribution in [2.75, 3.05) is 25.4 Å². The quantitative estimate of drug-likeness (QED) is 0.544. The first-order valence-electron chi connectivity index (χ1n) is 10.3. The third-order valence-electron chi connectivity index (χ3n) is 5.53. The third-order valence-corrected chi connectivity index (χ3v) is 5.53. The molecular weight excluding hydrogens is 350 g/mol. The normalized spacial score (nSPS) is 15.2. The van der Waals surface area contributed by atoms with E-state index in [0.717, 1.165) is 48.9 Å². The number of nitrogens with two attached hydrogens (primary N) is 1. The lowest BCUT2D eigenvalue weighted by Gasteiger charge is -2.23. The minimum atomic E-state index is 0.362. The summed E-state index contributed by atoms with van der Waals surface area (Å²) in [6.45, 7) is 4.97. The molecule has 0 spiro atoms. The fourth-order valence-electron chi connectivity index (χ4n) is 3.85. The third kappa shape index (κ3) is 4.12. The Morgan fingerprint density at radius 2 is 1.93 bits per heavy atom. The molecule has 0 unspecified atom stereocenters. The lowest BCUT2D eigenvalue weighted by atomic mass is 9.89. The van der Waals surface area contributed by atoms with Crippen LogP contribution in [-0.2, 0) is 6.42 Å². The topological polar surface area (TPSA) is 88.8 Å². The Kier molecular flexibility index (Phi) is 5.76. The van der Waals surface area contributed by atoms with Gasteiger partial charge in [0.1, 0.15) is 11.0 Å². The number of rotatable bonds is 7. The average Bonchev–Trinajstić information content (AvgIpc) is 3.13. The first-order chi connectivity index (χ1) is 13.7. The Morgan fingerprint density at radius 3 is 2.68 bits per heavy atom. The number of aromatic amines is 1. The van der Waals surface area contributed by atoms with E-state index in [0.29, 0.717) is 24.4 Å². The molecule has 0 atom stereocenters. The van der Waals surface area contributed by atoms with Crippen LogP contribution in [0.15, 0.2) is 30.5 Å². The molecule has 6 nitrogen and oxygen atoms in total. The standard InChI is InChI=1S/C22H29N5O/c1-2-3-12-28-22-26-19-18(14-25-20(19)21(23)27-22)13-15-4-6-16(7-5-15)17-8-10-24-11-9-17/h4-7,14,17,24-25H,2-3,8-13H2,1H3,(H2,23,26,27). The van der Waals surface area contributed by atoms with Crippen molar-refractivity contribution in [1.82, 2.24) is 20.3 Å². The zero-order valence-corrected chi connectivity index (χ0v) is 16.5. The maximum absolute atomic E-state index is 6.10. The fourth-order valence-corrected chi connectivity index (χ4v) is 3.85. The Morgan fingerprint density at radius 1 is 1.14 bits per heavy atom. The number of nitrogens with one attached hydrogen (secondary N) is 2. The molecular formula is C22H29N5O. The SMILES string of the molecule is CCCCOc1nc(N)c2[nH]cc(Cc3ccc(C4CCNCC4)cc3)c2n1.